The Labute approximate surface area is 118 Å². The van der Waals surface area contributed by atoms with Crippen LogP contribution in [0.5, 0.6) is 0 Å². The number of aliphatic hydroxyl groups is 1. The Morgan fingerprint density at radius 1 is 1.40 bits per heavy atom. The van der Waals surface area contributed by atoms with E-state index in [1.54, 1.807) is 11.2 Å². The molecule has 0 aliphatic heterocycles. The summed E-state index contributed by atoms with van der Waals surface area (Å²) in [5, 5.41) is 8.84. The number of nitrogens with zero attached hydrogens (tertiary/aromatic N) is 3. The number of para-hydroxylation sites is 2. The molecule has 0 aliphatic rings. The highest BCUT2D eigenvalue weighted by atomic mass is 16.3. The summed E-state index contributed by atoms with van der Waals surface area (Å²) in [6.45, 7) is 4.02. The number of aryl methyl sites for hydroxylation is 1. The predicted molar refractivity (Wildman–Crippen MR) is 78.3 cm³/mol. The number of benzene rings is 1. The molecule has 0 bridgehead atoms. The van der Waals surface area contributed by atoms with Crippen molar-refractivity contribution in [2.45, 2.75) is 26.3 Å². The van der Waals surface area contributed by atoms with Crippen LogP contribution in [0.1, 0.15) is 19.8 Å². The van der Waals surface area contributed by atoms with Crippen LogP contribution in [0.2, 0.25) is 0 Å². The topological polar surface area (TPSA) is 58.4 Å². The van der Waals surface area contributed by atoms with Gasteiger partial charge < -0.3 is 14.6 Å². The minimum absolute atomic E-state index is 0.121. The van der Waals surface area contributed by atoms with Gasteiger partial charge in [0.05, 0.1) is 17.4 Å². The van der Waals surface area contributed by atoms with Crippen LogP contribution in [-0.2, 0) is 11.3 Å². The monoisotopic (exact) mass is 275 g/mol. The van der Waals surface area contributed by atoms with E-state index in [1.807, 2.05) is 35.8 Å². The minimum atomic E-state index is 0.121. The van der Waals surface area contributed by atoms with Crippen LogP contribution in [0.4, 0.5) is 0 Å². The molecule has 108 valence electrons. The van der Waals surface area contributed by atoms with Gasteiger partial charge in [0.25, 0.3) is 0 Å². The average molecular weight is 275 g/mol. The van der Waals surface area contributed by atoms with E-state index in [0.29, 0.717) is 32.5 Å². The molecule has 1 amide bonds. The van der Waals surface area contributed by atoms with Crippen LogP contribution in [0.3, 0.4) is 0 Å². The third kappa shape index (κ3) is 3.36. The van der Waals surface area contributed by atoms with E-state index in [1.165, 1.54) is 0 Å². The van der Waals surface area contributed by atoms with Crippen molar-refractivity contribution in [2.24, 2.45) is 0 Å². The smallest absolute Gasteiger partial charge is 0.224 e. The van der Waals surface area contributed by atoms with Crippen LogP contribution in [-0.4, -0.2) is 45.2 Å². The van der Waals surface area contributed by atoms with Crippen LogP contribution in [0, 0.1) is 0 Å². The maximum absolute atomic E-state index is 12.1. The second-order valence-corrected chi connectivity index (χ2v) is 4.73. The number of carbonyl (C=O) groups is 1. The highest BCUT2D eigenvalue weighted by Gasteiger charge is 2.11. The number of fused-ring (bicyclic) bond motifs is 1. The quantitative estimate of drug-likeness (QED) is 0.836. The van der Waals surface area contributed by atoms with E-state index in [9.17, 15) is 4.79 Å². The standard InChI is InChI=1S/C15H21N3O2/c1-2-17(9-5-11-19)15(20)8-10-18-12-16-13-6-3-4-7-14(13)18/h3-4,6-7,12,19H,2,5,8-11H2,1H3. The Kier molecular flexibility index (Phi) is 5.12. The summed E-state index contributed by atoms with van der Waals surface area (Å²) >= 11 is 0. The number of rotatable bonds is 7. The van der Waals surface area contributed by atoms with Crippen molar-refractivity contribution < 1.29 is 9.90 Å². The maximum atomic E-state index is 12.1. The zero-order valence-corrected chi connectivity index (χ0v) is 11.8. The first-order chi connectivity index (χ1) is 9.76. The summed E-state index contributed by atoms with van der Waals surface area (Å²) in [5.74, 6) is 0.124. The normalized spacial score (nSPS) is 10.9. The molecular weight excluding hydrogens is 254 g/mol. The second-order valence-electron chi connectivity index (χ2n) is 4.73. The number of aliphatic hydroxyl groups excluding tert-OH is 1. The first-order valence-corrected chi connectivity index (χ1v) is 7.04. The van der Waals surface area contributed by atoms with Gasteiger partial charge in [0.2, 0.25) is 5.91 Å². The summed E-state index contributed by atoms with van der Waals surface area (Å²) in [6.07, 6.45) is 2.87. The van der Waals surface area contributed by atoms with Crippen molar-refractivity contribution in [2.75, 3.05) is 19.7 Å². The van der Waals surface area contributed by atoms with Crippen molar-refractivity contribution in [1.29, 1.82) is 0 Å². The number of hydrogen-bond donors (Lipinski definition) is 1. The van der Waals surface area contributed by atoms with Gasteiger partial charge in [-0.05, 0) is 25.5 Å². The van der Waals surface area contributed by atoms with E-state index in [0.717, 1.165) is 11.0 Å². The van der Waals surface area contributed by atoms with Crippen LogP contribution in [0.15, 0.2) is 30.6 Å². The fourth-order valence-corrected chi connectivity index (χ4v) is 2.28. The molecule has 1 aromatic carbocycles. The Bertz CT molecular complexity index is 565. The van der Waals surface area contributed by atoms with Crippen molar-refractivity contribution in [1.82, 2.24) is 14.5 Å². The lowest BCUT2D eigenvalue weighted by Crippen LogP contribution is -2.32. The summed E-state index contributed by atoms with van der Waals surface area (Å²) in [6, 6.07) is 7.91. The lowest BCUT2D eigenvalue weighted by atomic mass is 10.3. The van der Waals surface area contributed by atoms with E-state index in [2.05, 4.69) is 4.98 Å². The zero-order chi connectivity index (χ0) is 14.4. The first-order valence-electron chi connectivity index (χ1n) is 7.04. The molecule has 0 unspecified atom stereocenters. The summed E-state index contributed by atoms with van der Waals surface area (Å²) in [5.41, 5.74) is 2.01. The molecule has 1 N–H and O–H groups in total. The Balaban J connectivity index is 1.95. The molecule has 2 aromatic rings. The minimum Gasteiger partial charge on any atom is -0.396 e. The summed E-state index contributed by atoms with van der Waals surface area (Å²) in [4.78, 5) is 18.2. The van der Waals surface area contributed by atoms with Gasteiger partial charge in [-0.2, -0.15) is 0 Å². The van der Waals surface area contributed by atoms with E-state index >= 15 is 0 Å². The number of hydrogen-bond acceptors (Lipinski definition) is 3. The summed E-state index contributed by atoms with van der Waals surface area (Å²) < 4.78 is 2.01. The predicted octanol–water partition coefficient (Wildman–Crippen LogP) is 1.66. The molecule has 0 fully saturated rings. The highest BCUT2D eigenvalue weighted by molar-refractivity contribution is 5.77. The van der Waals surface area contributed by atoms with E-state index < -0.39 is 0 Å². The fraction of sp³-hybridized carbons (Fsp3) is 0.467. The van der Waals surface area contributed by atoms with Crippen molar-refractivity contribution in [3.8, 4) is 0 Å². The van der Waals surface area contributed by atoms with Gasteiger partial charge >= 0.3 is 0 Å². The van der Waals surface area contributed by atoms with E-state index in [4.69, 9.17) is 5.11 Å². The zero-order valence-electron chi connectivity index (χ0n) is 11.8. The largest absolute Gasteiger partial charge is 0.396 e. The number of carbonyl (C=O) groups excluding carboxylic acids is 1. The molecule has 0 atom stereocenters. The fourth-order valence-electron chi connectivity index (χ4n) is 2.28. The van der Waals surface area contributed by atoms with Gasteiger partial charge in [-0.25, -0.2) is 4.98 Å². The van der Waals surface area contributed by atoms with Gasteiger partial charge in [-0.1, -0.05) is 12.1 Å². The molecular formula is C15H21N3O2. The maximum Gasteiger partial charge on any atom is 0.224 e. The van der Waals surface area contributed by atoms with Gasteiger partial charge in [0, 0.05) is 32.7 Å². The molecule has 0 saturated heterocycles. The highest BCUT2D eigenvalue weighted by Crippen LogP contribution is 2.12. The first kappa shape index (κ1) is 14.5. The van der Waals surface area contributed by atoms with E-state index in [-0.39, 0.29) is 12.5 Å². The van der Waals surface area contributed by atoms with Crippen LogP contribution < -0.4 is 0 Å². The Morgan fingerprint density at radius 2 is 2.20 bits per heavy atom. The molecule has 0 radical (unpaired) electrons. The van der Waals surface area contributed by atoms with Crippen LogP contribution >= 0.6 is 0 Å². The van der Waals surface area contributed by atoms with Gasteiger partial charge in [-0.3, -0.25) is 4.79 Å². The molecule has 1 aromatic heterocycles. The number of aromatic nitrogens is 2. The number of amides is 1. The molecule has 2 rings (SSSR count). The SMILES string of the molecule is CCN(CCCO)C(=O)CCn1cnc2ccccc21. The summed E-state index contributed by atoms with van der Waals surface area (Å²) in [7, 11) is 0. The lowest BCUT2D eigenvalue weighted by molar-refractivity contribution is -0.131. The van der Waals surface area contributed by atoms with Crippen molar-refractivity contribution >= 4 is 16.9 Å². The molecule has 0 saturated carbocycles. The Hall–Kier alpha value is -1.88. The van der Waals surface area contributed by atoms with Gasteiger partial charge in [0.1, 0.15) is 0 Å². The molecule has 0 spiro atoms. The molecule has 0 aliphatic carbocycles. The molecule has 5 nitrogen and oxygen atoms in total. The van der Waals surface area contributed by atoms with Gasteiger partial charge in [-0.15, -0.1) is 0 Å². The Morgan fingerprint density at radius 3 is 2.95 bits per heavy atom. The third-order valence-corrected chi connectivity index (χ3v) is 3.41. The lowest BCUT2D eigenvalue weighted by Gasteiger charge is -2.20. The molecule has 1 heterocycles. The van der Waals surface area contributed by atoms with Crippen molar-refractivity contribution in [3.05, 3.63) is 30.6 Å². The number of imidazole rings is 1. The average Bonchev–Trinajstić information content (AvgIpc) is 2.89. The second kappa shape index (κ2) is 7.05. The van der Waals surface area contributed by atoms with Crippen molar-refractivity contribution in [3.63, 3.8) is 0 Å². The van der Waals surface area contributed by atoms with Crippen LogP contribution in [0.25, 0.3) is 11.0 Å². The van der Waals surface area contributed by atoms with Gasteiger partial charge in [0.15, 0.2) is 0 Å². The molecule has 20 heavy (non-hydrogen) atoms. The third-order valence-electron chi connectivity index (χ3n) is 3.41. The molecule has 5 heteroatoms.